The molecule has 0 aliphatic rings. The van der Waals surface area contributed by atoms with Crippen LogP contribution in [0.3, 0.4) is 0 Å². The predicted octanol–water partition coefficient (Wildman–Crippen LogP) is 21.7. The molecule has 0 fully saturated rings. The van der Waals surface area contributed by atoms with E-state index in [4.69, 9.17) is 4.42 Å². The average Bonchev–Trinajstić information content (AvgIpc) is 4.12. The van der Waals surface area contributed by atoms with Crippen LogP contribution in [0.4, 0.5) is 0 Å². The van der Waals surface area contributed by atoms with Crippen LogP contribution in [0.2, 0.25) is 0 Å². The third-order valence-corrected chi connectivity index (χ3v) is 17.3. The molecule has 0 unspecified atom stereocenters. The van der Waals surface area contributed by atoms with Gasteiger partial charge in [0, 0.05) is 36.5 Å². The Balaban J connectivity index is 1.01. The van der Waals surface area contributed by atoms with Crippen LogP contribution in [0.25, 0.3) is 163 Å². The first-order valence-corrected chi connectivity index (χ1v) is 27.0. The van der Waals surface area contributed by atoms with Crippen molar-refractivity contribution in [3.05, 3.63) is 267 Å². The number of hydrogen-bond donors (Lipinski definition) is 0. The molecule has 1 nitrogen and oxygen atoms in total. The van der Waals surface area contributed by atoms with E-state index in [1.54, 1.807) is 0 Å². The van der Waals surface area contributed by atoms with Crippen molar-refractivity contribution < 1.29 is 4.42 Å². The topological polar surface area (TPSA) is 13.1 Å². The summed E-state index contributed by atoms with van der Waals surface area (Å²) >= 11 is 1.90. The van der Waals surface area contributed by atoms with Gasteiger partial charge in [0.05, 0.1) is 0 Å². The lowest BCUT2D eigenvalue weighted by Gasteiger charge is -2.21. The summed E-state index contributed by atoms with van der Waals surface area (Å²) in [6, 6.07) is 98.8. The Morgan fingerprint density at radius 2 is 0.684 bits per heavy atom. The second kappa shape index (κ2) is 17.0. The molecule has 0 saturated heterocycles. The number of benzene rings is 14. The van der Waals surface area contributed by atoms with Crippen LogP contribution in [-0.2, 0) is 0 Å². The maximum absolute atomic E-state index is 6.56. The maximum atomic E-state index is 6.56. The Hall–Kier alpha value is -9.60. The number of para-hydroxylation sites is 1. The molecular weight excluding hydrogens is 937 g/mol. The number of fused-ring (bicyclic) bond motifs is 11. The first-order valence-electron chi connectivity index (χ1n) is 26.1. The lowest BCUT2D eigenvalue weighted by molar-refractivity contribution is 0.669. The third kappa shape index (κ3) is 6.51. The van der Waals surface area contributed by atoms with Crippen LogP contribution < -0.4 is 0 Å². The van der Waals surface area contributed by atoms with Gasteiger partial charge in [-0.15, -0.1) is 11.3 Å². The van der Waals surface area contributed by atoms with Crippen LogP contribution in [0.15, 0.2) is 271 Å². The molecule has 0 aliphatic heterocycles. The molecule has 2 heteroatoms. The fourth-order valence-corrected chi connectivity index (χ4v) is 14.0. The number of hydrogen-bond acceptors (Lipinski definition) is 2. The fraction of sp³-hybridized carbons (Fsp3) is 0. The van der Waals surface area contributed by atoms with Crippen LogP contribution in [-0.4, -0.2) is 0 Å². The second-order valence-corrected chi connectivity index (χ2v) is 21.2. The summed E-state index contributed by atoms with van der Waals surface area (Å²) in [5.41, 5.74) is 16.3. The second-order valence-electron chi connectivity index (χ2n) is 20.1. The van der Waals surface area contributed by atoms with E-state index in [0.717, 1.165) is 27.5 Å². The fourth-order valence-electron chi connectivity index (χ4n) is 12.7. The third-order valence-electron chi connectivity index (χ3n) is 16.1. The Kier molecular flexibility index (Phi) is 9.57. The highest BCUT2D eigenvalue weighted by molar-refractivity contribution is 7.26. The van der Waals surface area contributed by atoms with Crippen molar-refractivity contribution in [1.29, 1.82) is 0 Å². The van der Waals surface area contributed by atoms with E-state index < -0.39 is 0 Å². The van der Waals surface area contributed by atoms with Crippen molar-refractivity contribution in [2.75, 3.05) is 0 Å². The summed E-state index contributed by atoms with van der Waals surface area (Å²) in [7, 11) is 0. The lowest BCUT2D eigenvalue weighted by atomic mass is 9.82. The molecule has 0 bridgehead atoms. The van der Waals surface area contributed by atoms with Crippen LogP contribution in [0, 0.1) is 0 Å². The van der Waals surface area contributed by atoms with Crippen molar-refractivity contribution in [3.8, 4) is 66.8 Å². The minimum atomic E-state index is 0.891. The van der Waals surface area contributed by atoms with Gasteiger partial charge >= 0.3 is 0 Å². The minimum Gasteiger partial charge on any atom is -0.456 e. The molecule has 0 aliphatic carbocycles. The molecule has 2 heterocycles. The van der Waals surface area contributed by atoms with Gasteiger partial charge in [-0.25, -0.2) is 0 Å². The molecule has 14 aromatic carbocycles. The van der Waals surface area contributed by atoms with Gasteiger partial charge in [0.15, 0.2) is 0 Å². The molecule has 16 aromatic rings. The van der Waals surface area contributed by atoms with Crippen LogP contribution in [0.5, 0.6) is 0 Å². The normalized spacial score (nSPS) is 11.9. The van der Waals surface area contributed by atoms with Crippen molar-refractivity contribution in [2.45, 2.75) is 0 Å². The molecule has 352 valence electrons. The molecule has 0 radical (unpaired) electrons. The zero-order chi connectivity index (χ0) is 49.8. The van der Waals surface area contributed by atoms with Crippen molar-refractivity contribution in [3.63, 3.8) is 0 Å². The predicted molar refractivity (Wildman–Crippen MR) is 327 cm³/mol. The Labute approximate surface area is 442 Å². The number of furan rings is 1. The molecular formula is C74H44OS. The van der Waals surface area contributed by atoms with Gasteiger partial charge in [0.25, 0.3) is 0 Å². The van der Waals surface area contributed by atoms with Gasteiger partial charge in [-0.3, -0.25) is 0 Å². The summed E-state index contributed by atoms with van der Waals surface area (Å²) in [6.45, 7) is 0. The van der Waals surface area contributed by atoms with Crippen molar-refractivity contribution in [2.24, 2.45) is 0 Å². The van der Waals surface area contributed by atoms with Gasteiger partial charge in [0.1, 0.15) is 11.2 Å². The molecule has 0 spiro atoms. The molecule has 76 heavy (non-hydrogen) atoms. The highest BCUT2D eigenvalue weighted by atomic mass is 32.1. The van der Waals surface area contributed by atoms with E-state index in [0.29, 0.717) is 0 Å². The monoisotopic (exact) mass is 980 g/mol. The van der Waals surface area contributed by atoms with E-state index in [2.05, 4.69) is 267 Å². The lowest BCUT2D eigenvalue weighted by Crippen LogP contribution is -1.94. The minimum absolute atomic E-state index is 0.891. The van der Waals surface area contributed by atoms with Gasteiger partial charge in [-0.05, 0) is 145 Å². The van der Waals surface area contributed by atoms with Gasteiger partial charge < -0.3 is 4.42 Å². The van der Waals surface area contributed by atoms with Gasteiger partial charge in [-0.1, -0.05) is 237 Å². The highest BCUT2D eigenvalue weighted by Gasteiger charge is 2.24. The van der Waals surface area contributed by atoms with E-state index >= 15 is 0 Å². The van der Waals surface area contributed by atoms with E-state index in [-0.39, 0.29) is 0 Å². The number of thiophene rings is 1. The average molecular weight is 981 g/mol. The SMILES string of the molecule is c1ccc(-c2ccc(-c3c4ccccc4c(-c4cccc5oc6ccccc6c45)c4ccc(-c5ccc6c(-c7cccc8ccccc78)c7ccccc7c(-c7cccc8c7sc7ccccc78)c6c5)cc34)cc2)cc1. The summed E-state index contributed by atoms with van der Waals surface area (Å²) in [4.78, 5) is 0. The Bertz CT molecular complexity index is 5030. The van der Waals surface area contributed by atoms with Gasteiger partial charge in [-0.2, -0.15) is 0 Å². The molecule has 0 amide bonds. The number of rotatable bonds is 6. The molecule has 0 N–H and O–H groups in total. The zero-order valence-electron chi connectivity index (χ0n) is 41.2. The van der Waals surface area contributed by atoms with E-state index in [9.17, 15) is 0 Å². The molecule has 2 aromatic heterocycles. The maximum Gasteiger partial charge on any atom is 0.136 e. The largest absolute Gasteiger partial charge is 0.456 e. The summed E-state index contributed by atoms with van der Waals surface area (Å²) in [5.74, 6) is 0. The quantitative estimate of drug-likeness (QED) is 0.151. The summed E-state index contributed by atoms with van der Waals surface area (Å²) in [6.07, 6.45) is 0. The first-order chi connectivity index (χ1) is 37.7. The van der Waals surface area contributed by atoms with Crippen molar-refractivity contribution in [1.82, 2.24) is 0 Å². The van der Waals surface area contributed by atoms with Crippen molar-refractivity contribution >= 4 is 107 Å². The van der Waals surface area contributed by atoms with Crippen LogP contribution >= 0.6 is 11.3 Å². The smallest absolute Gasteiger partial charge is 0.136 e. The summed E-state index contributed by atoms with van der Waals surface area (Å²) < 4.78 is 9.17. The first kappa shape index (κ1) is 42.9. The zero-order valence-corrected chi connectivity index (χ0v) is 42.0. The standard InChI is InChI=1S/C74H44OS/c1-2-17-45(18-3-1)46-35-37-48(38-36-46)69-54-23-6-7-24-55(54)71(62-30-16-33-67-73(62)61-27-10-12-32-66(61)75-67)58-41-39-49(43-64(58)69)50-40-42-59-65(44-50)72(63-31-15-29-60-52-22-11-13-34-68(52)76-74(60)63)57-26-9-8-25-56(57)70(59)53-28-14-20-47-19-4-5-21-51(47)53/h1-44H. The molecule has 0 saturated carbocycles. The summed E-state index contributed by atoms with van der Waals surface area (Å²) in [5, 5.41) is 17.1. The van der Waals surface area contributed by atoms with Gasteiger partial charge in [0.2, 0.25) is 0 Å². The van der Waals surface area contributed by atoms with E-state index in [1.807, 2.05) is 11.3 Å². The Morgan fingerprint density at radius 3 is 1.42 bits per heavy atom. The van der Waals surface area contributed by atoms with Crippen LogP contribution in [0.1, 0.15) is 0 Å². The molecule has 16 rings (SSSR count). The van der Waals surface area contributed by atoms with E-state index in [1.165, 1.54) is 135 Å². The highest BCUT2D eigenvalue weighted by Crippen LogP contribution is 2.52. The Morgan fingerprint density at radius 1 is 0.237 bits per heavy atom. The molecule has 0 atom stereocenters.